The number of rotatable bonds is 9. The summed E-state index contributed by atoms with van der Waals surface area (Å²) in [5.74, 6) is 0.564. The number of methoxy groups -OCH3 is 1. The second-order valence-electron chi connectivity index (χ2n) is 6.34. The van der Waals surface area contributed by atoms with Crippen molar-refractivity contribution < 1.29 is 22.7 Å². The fraction of sp³-hybridized carbons (Fsp3) is 0.611. The molecular formula is C18H26ClNO5S. The SMILES string of the molecule is CCOc1c(Cl)cc(CNC(=O)CCS(=O)(=O)C2CCCC2)cc1OC. The van der Waals surface area contributed by atoms with Gasteiger partial charge < -0.3 is 14.8 Å². The maximum absolute atomic E-state index is 12.2. The molecule has 0 radical (unpaired) electrons. The molecule has 0 atom stereocenters. The van der Waals surface area contributed by atoms with Gasteiger partial charge in [0.15, 0.2) is 21.3 Å². The normalized spacial score (nSPS) is 15.0. The molecule has 1 aromatic carbocycles. The molecule has 0 bridgehead atoms. The molecule has 0 saturated heterocycles. The second kappa shape index (κ2) is 9.46. The number of ether oxygens (including phenoxy) is 2. The number of halogens is 1. The summed E-state index contributed by atoms with van der Waals surface area (Å²) in [7, 11) is -1.67. The molecule has 0 spiro atoms. The first-order valence-electron chi connectivity index (χ1n) is 8.84. The molecule has 0 unspecified atom stereocenters. The van der Waals surface area contributed by atoms with E-state index >= 15 is 0 Å². The minimum Gasteiger partial charge on any atom is -0.493 e. The number of hydrogen-bond acceptors (Lipinski definition) is 5. The molecule has 8 heteroatoms. The summed E-state index contributed by atoms with van der Waals surface area (Å²) >= 11 is 6.20. The maximum Gasteiger partial charge on any atom is 0.221 e. The van der Waals surface area contributed by atoms with Crippen LogP contribution in [0.3, 0.4) is 0 Å². The van der Waals surface area contributed by atoms with Gasteiger partial charge in [-0.05, 0) is 37.5 Å². The molecule has 0 aromatic heterocycles. The van der Waals surface area contributed by atoms with E-state index in [1.165, 1.54) is 7.11 Å². The second-order valence-corrected chi connectivity index (χ2v) is 9.15. The van der Waals surface area contributed by atoms with Crippen LogP contribution in [-0.4, -0.2) is 39.0 Å². The zero-order valence-corrected chi connectivity index (χ0v) is 16.8. The van der Waals surface area contributed by atoms with Gasteiger partial charge in [0.25, 0.3) is 0 Å². The van der Waals surface area contributed by atoms with Crippen molar-refractivity contribution in [2.75, 3.05) is 19.5 Å². The highest BCUT2D eigenvalue weighted by Crippen LogP contribution is 2.36. The summed E-state index contributed by atoms with van der Waals surface area (Å²) in [6.07, 6.45) is 3.32. The highest BCUT2D eigenvalue weighted by Gasteiger charge is 2.28. The first kappa shape index (κ1) is 20.8. The Bertz CT molecular complexity index is 729. The Labute approximate surface area is 160 Å². The first-order valence-corrected chi connectivity index (χ1v) is 10.9. The van der Waals surface area contributed by atoms with E-state index in [1.807, 2.05) is 6.92 Å². The van der Waals surface area contributed by atoms with Gasteiger partial charge in [0.05, 0.1) is 29.7 Å². The molecule has 1 N–H and O–H groups in total. The zero-order valence-electron chi connectivity index (χ0n) is 15.2. The Morgan fingerprint density at radius 1 is 1.31 bits per heavy atom. The van der Waals surface area contributed by atoms with Crippen molar-refractivity contribution in [2.45, 2.75) is 50.8 Å². The smallest absolute Gasteiger partial charge is 0.221 e. The van der Waals surface area contributed by atoms with Crippen molar-refractivity contribution >= 4 is 27.3 Å². The van der Waals surface area contributed by atoms with Gasteiger partial charge in [-0.3, -0.25) is 4.79 Å². The lowest BCUT2D eigenvalue weighted by molar-refractivity contribution is -0.120. The van der Waals surface area contributed by atoms with Crippen LogP contribution < -0.4 is 14.8 Å². The van der Waals surface area contributed by atoms with Gasteiger partial charge in [0.2, 0.25) is 5.91 Å². The third-order valence-electron chi connectivity index (χ3n) is 4.49. The number of nitrogens with one attached hydrogen (secondary N) is 1. The minimum atomic E-state index is -3.19. The fourth-order valence-corrected chi connectivity index (χ4v) is 5.24. The number of sulfone groups is 1. The lowest BCUT2D eigenvalue weighted by Gasteiger charge is -2.14. The van der Waals surface area contributed by atoms with Crippen molar-refractivity contribution in [1.82, 2.24) is 5.32 Å². The van der Waals surface area contributed by atoms with Crippen molar-refractivity contribution in [1.29, 1.82) is 0 Å². The maximum atomic E-state index is 12.2. The van der Waals surface area contributed by atoms with Crippen LogP contribution in [0.15, 0.2) is 12.1 Å². The van der Waals surface area contributed by atoms with E-state index in [0.717, 1.165) is 18.4 Å². The zero-order chi connectivity index (χ0) is 19.2. The molecule has 1 fully saturated rings. The molecule has 26 heavy (non-hydrogen) atoms. The van der Waals surface area contributed by atoms with Gasteiger partial charge in [0, 0.05) is 13.0 Å². The number of carbonyl (C=O) groups is 1. The van der Waals surface area contributed by atoms with Crippen molar-refractivity contribution in [3.05, 3.63) is 22.7 Å². The third-order valence-corrected chi connectivity index (χ3v) is 7.03. The molecule has 1 saturated carbocycles. The van der Waals surface area contributed by atoms with E-state index < -0.39 is 9.84 Å². The van der Waals surface area contributed by atoms with Crippen LogP contribution in [-0.2, 0) is 21.2 Å². The van der Waals surface area contributed by atoms with Crippen molar-refractivity contribution in [3.8, 4) is 11.5 Å². The van der Waals surface area contributed by atoms with Crippen LogP contribution >= 0.6 is 11.6 Å². The fourth-order valence-electron chi connectivity index (χ4n) is 3.10. The highest BCUT2D eigenvalue weighted by molar-refractivity contribution is 7.92. The molecule has 6 nitrogen and oxygen atoms in total. The van der Waals surface area contributed by atoms with Crippen molar-refractivity contribution in [3.63, 3.8) is 0 Å². The molecule has 146 valence electrons. The third kappa shape index (κ3) is 5.51. The standard InChI is InChI=1S/C18H26ClNO5S/c1-3-25-18-15(19)10-13(11-16(18)24-2)12-20-17(21)8-9-26(22,23)14-6-4-5-7-14/h10-11,14H,3-9,12H2,1-2H3,(H,20,21). The minimum absolute atomic E-state index is 0.0271. The number of hydrogen-bond donors (Lipinski definition) is 1. The summed E-state index contributed by atoms with van der Waals surface area (Å²) in [5.41, 5.74) is 0.752. The Balaban J connectivity index is 1.89. The Morgan fingerprint density at radius 3 is 2.62 bits per heavy atom. The van der Waals surface area contributed by atoms with Gasteiger partial charge >= 0.3 is 0 Å². The monoisotopic (exact) mass is 403 g/mol. The average Bonchev–Trinajstić information content (AvgIpc) is 3.16. The summed E-state index contributed by atoms with van der Waals surface area (Å²) in [6.45, 7) is 2.55. The molecular weight excluding hydrogens is 378 g/mol. The first-order chi connectivity index (χ1) is 12.4. The summed E-state index contributed by atoms with van der Waals surface area (Å²) in [5, 5.41) is 2.86. The number of amides is 1. The van der Waals surface area contributed by atoms with Crippen LogP contribution in [0.4, 0.5) is 0 Å². The quantitative estimate of drug-likeness (QED) is 0.685. The molecule has 1 aromatic rings. The molecule has 1 aliphatic rings. The predicted octanol–water partition coefficient (Wildman–Crippen LogP) is 3.11. The van der Waals surface area contributed by atoms with Gasteiger partial charge in [-0.25, -0.2) is 8.42 Å². The van der Waals surface area contributed by atoms with Crippen LogP contribution in [0, 0.1) is 0 Å². The van der Waals surface area contributed by atoms with Crippen LogP contribution in [0.25, 0.3) is 0 Å². The molecule has 2 rings (SSSR count). The van der Waals surface area contributed by atoms with Gasteiger partial charge in [0.1, 0.15) is 0 Å². The Hall–Kier alpha value is -1.47. The largest absolute Gasteiger partial charge is 0.493 e. The van der Waals surface area contributed by atoms with E-state index in [9.17, 15) is 13.2 Å². The highest BCUT2D eigenvalue weighted by atomic mass is 35.5. The van der Waals surface area contributed by atoms with Crippen LogP contribution in [0.5, 0.6) is 11.5 Å². The summed E-state index contributed by atoms with van der Waals surface area (Å²) in [4.78, 5) is 12.0. The Morgan fingerprint density at radius 2 is 2.00 bits per heavy atom. The molecule has 1 amide bonds. The summed E-state index contributed by atoms with van der Waals surface area (Å²) < 4.78 is 35.1. The van der Waals surface area contributed by atoms with E-state index in [1.54, 1.807) is 12.1 Å². The average molecular weight is 404 g/mol. The van der Waals surface area contributed by atoms with Gasteiger partial charge in [-0.15, -0.1) is 0 Å². The number of carbonyl (C=O) groups excluding carboxylic acids is 1. The predicted molar refractivity (Wildman–Crippen MR) is 102 cm³/mol. The van der Waals surface area contributed by atoms with Crippen LogP contribution in [0.2, 0.25) is 5.02 Å². The number of benzene rings is 1. The van der Waals surface area contributed by atoms with Crippen LogP contribution in [0.1, 0.15) is 44.6 Å². The topological polar surface area (TPSA) is 81.7 Å². The molecule has 0 heterocycles. The van der Waals surface area contributed by atoms with Gasteiger partial charge in [-0.2, -0.15) is 0 Å². The molecule has 1 aliphatic carbocycles. The summed E-state index contributed by atoms with van der Waals surface area (Å²) in [6, 6.07) is 3.44. The molecule has 0 aliphatic heterocycles. The Kier molecular flexibility index (Phi) is 7.58. The van der Waals surface area contributed by atoms with E-state index in [0.29, 0.717) is 36.0 Å². The van der Waals surface area contributed by atoms with E-state index in [4.69, 9.17) is 21.1 Å². The van der Waals surface area contributed by atoms with E-state index in [2.05, 4.69) is 5.32 Å². The lowest BCUT2D eigenvalue weighted by Crippen LogP contribution is -2.28. The van der Waals surface area contributed by atoms with E-state index in [-0.39, 0.29) is 29.9 Å². The van der Waals surface area contributed by atoms with Gasteiger partial charge in [-0.1, -0.05) is 24.4 Å². The van der Waals surface area contributed by atoms with Crippen molar-refractivity contribution in [2.24, 2.45) is 0 Å². The lowest BCUT2D eigenvalue weighted by atomic mass is 10.2.